The van der Waals surface area contributed by atoms with E-state index in [0.717, 1.165) is 57.8 Å². The zero-order chi connectivity index (χ0) is 23.4. The molecule has 4 aliphatic carbocycles. The SMILES string of the molecule is CC(CCC[C@@H](C)[C@H]1CC[C@H]2[C@@H]3[C@@H](O)C[C@@H]4C[C@H](O)CC[C@]4(C)[C@H]3C[C@H](O)[C@]12C)C(=O)O. The first-order valence-electron chi connectivity index (χ1n) is 13.3. The molecule has 4 rings (SSSR count). The summed E-state index contributed by atoms with van der Waals surface area (Å²) < 4.78 is 0. The van der Waals surface area contributed by atoms with Crippen LogP contribution in [0, 0.1) is 52.3 Å². The lowest BCUT2D eigenvalue weighted by Crippen LogP contribution is -2.62. The van der Waals surface area contributed by atoms with Gasteiger partial charge in [0, 0.05) is 0 Å². The van der Waals surface area contributed by atoms with E-state index in [1.54, 1.807) is 6.92 Å². The predicted molar refractivity (Wildman–Crippen MR) is 124 cm³/mol. The number of carboxylic acids is 1. The van der Waals surface area contributed by atoms with E-state index in [9.17, 15) is 25.2 Å². The van der Waals surface area contributed by atoms with E-state index in [-0.39, 0.29) is 41.0 Å². The molecule has 1 unspecified atom stereocenters. The Morgan fingerprint density at radius 3 is 2.38 bits per heavy atom. The minimum atomic E-state index is -0.715. The molecule has 4 N–H and O–H groups in total. The molecule has 0 saturated heterocycles. The molecule has 0 bridgehead atoms. The summed E-state index contributed by atoms with van der Waals surface area (Å²) in [6.07, 6.45) is 8.11. The topological polar surface area (TPSA) is 98.0 Å². The largest absolute Gasteiger partial charge is 0.481 e. The highest BCUT2D eigenvalue weighted by Crippen LogP contribution is 2.68. The van der Waals surface area contributed by atoms with Crippen LogP contribution < -0.4 is 0 Å². The van der Waals surface area contributed by atoms with Gasteiger partial charge < -0.3 is 20.4 Å². The summed E-state index contributed by atoms with van der Waals surface area (Å²) in [4.78, 5) is 11.2. The monoisotopic (exact) mass is 450 g/mol. The molecule has 0 spiro atoms. The van der Waals surface area contributed by atoms with E-state index in [0.29, 0.717) is 36.0 Å². The molecule has 0 aromatic carbocycles. The summed E-state index contributed by atoms with van der Waals surface area (Å²) >= 11 is 0. The van der Waals surface area contributed by atoms with Crippen molar-refractivity contribution >= 4 is 5.97 Å². The van der Waals surface area contributed by atoms with Gasteiger partial charge in [0.15, 0.2) is 0 Å². The summed E-state index contributed by atoms with van der Waals surface area (Å²) in [6.45, 7) is 8.74. The molecule has 184 valence electrons. The molecule has 4 saturated carbocycles. The van der Waals surface area contributed by atoms with Crippen LogP contribution >= 0.6 is 0 Å². The Balaban J connectivity index is 1.51. The Hall–Kier alpha value is -0.650. The molecule has 0 amide bonds. The van der Waals surface area contributed by atoms with Crippen LogP contribution in [0.4, 0.5) is 0 Å². The van der Waals surface area contributed by atoms with Crippen molar-refractivity contribution in [2.24, 2.45) is 52.3 Å². The van der Waals surface area contributed by atoms with Crippen LogP contribution in [0.15, 0.2) is 0 Å². The van der Waals surface area contributed by atoms with Crippen LogP contribution in [0.2, 0.25) is 0 Å². The standard InChI is InChI=1S/C27H46O5/c1-15(6-5-7-16(2)25(31)32)19-8-9-20-24-21(14-23(30)27(19,20)4)26(3)11-10-18(28)12-17(26)13-22(24)29/h15-24,28-30H,5-14H2,1-4H3,(H,31,32)/t15-,16?,17+,18-,19-,20+,21+,22+,23+,24+,26+,27-/m1/s1. The number of fused-ring (bicyclic) bond motifs is 5. The maximum Gasteiger partial charge on any atom is 0.306 e. The van der Waals surface area contributed by atoms with E-state index >= 15 is 0 Å². The molecule has 32 heavy (non-hydrogen) atoms. The molecule has 0 aromatic heterocycles. The van der Waals surface area contributed by atoms with Gasteiger partial charge >= 0.3 is 5.97 Å². The van der Waals surface area contributed by atoms with Crippen LogP contribution in [0.3, 0.4) is 0 Å². The minimum absolute atomic E-state index is 0.113. The highest BCUT2D eigenvalue weighted by Gasteiger charge is 2.65. The lowest BCUT2D eigenvalue weighted by molar-refractivity contribution is -0.207. The van der Waals surface area contributed by atoms with Gasteiger partial charge in [-0.05, 0) is 97.7 Å². The van der Waals surface area contributed by atoms with Crippen molar-refractivity contribution in [3.8, 4) is 0 Å². The lowest BCUT2D eigenvalue weighted by atomic mass is 9.43. The maximum atomic E-state index is 11.6. The predicted octanol–water partition coefficient (Wildman–Crippen LogP) is 4.47. The van der Waals surface area contributed by atoms with E-state index in [4.69, 9.17) is 0 Å². The van der Waals surface area contributed by atoms with Crippen molar-refractivity contribution in [2.75, 3.05) is 0 Å². The highest BCUT2D eigenvalue weighted by molar-refractivity contribution is 5.69. The number of hydrogen-bond acceptors (Lipinski definition) is 4. The van der Waals surface area contributed by atoms with Gasteiger partial charge in [-0.3, -0.25) is 4.79 Å². The molecule has 0 heterocycles. The fourth-order valence-corrected chi connectivity index (χ4v) is 9.20. The molecule has 0 aromatic rings. The van der Waals surface area contributed by atoms with Crippen LogP contribution in [-0.4, -0.2) is 44.7 Å². The first kappa shape index (κ1) is 24.5. The van der Waals surface area contributed by atoms with Gasteiger partial charge in [-0.15, -0.1) is 0 Å². The molecule has 4 aliphatic rings. The zero-order valence-corrected chi connectivity index (χ0v) is 20.5. The fourth-order valence-electron chi connectivity index (χ4n) is 9.20. The third kappa shape index (κ3) is 3.84. The molecule has 4 fully saturated rings. The Labute approximate surface area is 194 Å². The second-order valence-electron chi connectivity index (χ2n) is 12.7. The minimum Gasteiger partial charge on any atom is -0.481 e. The Morgan fingerprint density at radius 1 is 0.969 bits per heavy atom. The van der Waals surface area contributed by atoms with Gasteiger partial charge in [0.2, 0.25) is 0 Å². The summed E-state index contributed by atoms with van der Waals surface area (Å²) in [7, 11) is 0. The number of rotatable bonds is 6. The summed E-state index contributed by atoms with van der Waals surface area (Å²) in [5, 5.41) is 42.4. The lowest BCUT2D eigenvalue weighted by Gasteiger charge is -2.63. The molecule has 0 aliphatic heterocycles. The Bertz CT molecular complexity index is 696. The first-order chi connectivity index (χ1) is 15.0. The van der Waals surface area contributed by atoms with Gasteiger partial charge in [0.25, 0.3) is 0 Å². The zero-order valence-electron chi connectivity index (χ0n) is 20.5. The molecule has 5 nitrogen and oxygen atoms in total. The van der Waals surface area contributed by atoms with Crippen molar-refractivity contribution in [3.05, 3.63) is 0 Å². The van der Waals surface area contributed by atoms with Gasteiger partial charge in [-0.2, -0.15) is 0 Å². The quantitative estimate of drug-likeness (QED) is 0.478. The number of aliphatic hydroxyl groups excluding tert-OH is 3. The van der Waals surface area contributed by atoms with E-state index in [2.05, 4.69) is 20.8 Å². The van der Waals surface area contributed by atoms with Gasteiger partial charge in [0.05, 0.1) is 24.2 Å². The Morgan fingerprint density at radius 2 is 1.69 bits per heavy atom. The number of aliphatic hydroxyl groups is 3. The van der Waals surface area contributed by atoms with E-state index < -0.39 is 5.97 Å². The third-order valence-electron chi connectivity index (χ3n) is 11.2. The van der Waals surface area contributed by atoms with Crippen molar-refractivity contribution in [1.82, 2.24) is 0 Å². The van der Waals surface area contributed by atoms with Crippen LogP contribution in [0.25, 0.3) is 0 Å². The average molecular weight is 451 g/mol. The maximum absolute atomic E-state index is 11.6. The normalized spacial score (nSPS) is 50.1. The fraction of sp³-hybridized carbons (Fsp3) is 0.963. The van der Waals surface area contributed by atoms with E-state index in [1.165, 1.54) is 0 Å². The van der Waals surface area contributed by atoms with Crippen LogP contribution in [0.1, 0.15) is 91.9 Å². The Kier molecular flexibility index (Phi) is 6.77. The second kappa shape index (κ2) is 8.85. The van der Waals surface area contributed by atoms with E-state index in [1.807, 2.05) is 0 Å². The van der Waals surface area contributed by atoms with Crippen molar-refractivity contribution in [1.29, 1.82) is 0 Å². The molecule has 12 atom stereocenters. The van der Waals surface area contributed by atoms with Crippen LogP contribution in [-0.2, 0) is 4.79 Å². The summed E-state index contributed by atoms with van der Waals surface area (Å²) in [5.41, 5.74) is -0.0561. The molecule has 0 radical (unpaired) electrons. The average Bonchev–Trinajstić information content (AvgIpc) is 3.08. The van der Waals surface area contributed by atoms with Gasteiger partial charge in [-0.25, -0.2) is 0 Å². The van der Waals surface area contributed by atoms with Gasteiger partial charge in [-0.1, -0.05) is 40.5 Å². The number of carbonyl (C=O) groups is 1. The van der Waals surface area contributed by atoms with Crippen LogP contribution in [0.5, 0.6) is 0 Å². The highest BCUT2D eigenvalue weighted by atomic mass is 16.4. The molecule has 5 heteroatoms. The second-order valence-corrected chi connectivity index (χ2v) is 12.7. The molecular formula is C27H46O5. The number of aliphatic carboxylic acids is 1. The molecular weight excluding hydrogens is 404 g/mol. The van der Waals surface area contributed by atoms with Crippen molar-refractivity contribution in [2.45, 2.75) is 110 Å². The van der Waals surface area contributed by atoms with Crippen molar-refractivity contribution < 1.29 is 25.2 Å². The number of carboxylic acid groups (broad SMARTS) is 1. The smallest absolute Gasteiger partial charge is 0.306 e. The van der Waals surface area contributed by atoms with Crippen molar-refractivity contribution in [3.63, 3.8) is 0 Å². The first-order valence-corrected chi connectivity index (χ1v) is 13.3. The summed E-state index contributed by atoms with van der Waals surface area (Å²) in [5.74, 6) is 1.16. The third-order valence-corrected chi connectivity index (χ3v) is 11.2. The van der Waals surface area contributed by atoms with Gasteiger partial charge in [0.1, 0.15) is 0 Å². The number of hydrogen-bond donors (Lipinski definition) is 4. The summed E-state index contributed by atoms with van der Waals surface area (Å²) in [6, 6.07) is 0.